The molecule has 0 aliphatic carbocycles. The van der Waals surface area contributed by atoms with Gasteiger partial charge in [0.15, 0.2) is 0 Å². The largest absolute Gasteiger partial charge is 0.355 e. The molecule has 2 aromatic rings. The van der Waals surface area contributed by atoms with Crippen LogP contribution in [-0.4, -0.2) is 39.2 Å². The van der Waals surface area contributed by atoms with Crippen molar-refractivity contribution in [2.45, 2.75) is 32.6 Å². The van der Waals surface area contributed by atoms with E-state index in [4.69, 9.17) is 0 Å². The standard InChI is InChI=1S/C15H20N6OS/c1-10(2)14-19-20-15(23-14)18-13(22)11-4-3-7-21(9-11)12-8-16-5-6-17-12/h5-6,8,10-11H,3-4,7,9H2,1-2H3,(H,18,20,22)/t11-/m0/s1. The predicted octanol–water partition coefficient (Wildman–Crippen LogP) is 2.31. The first-order chi connectivity index (χ1) is 11.1. The summed E-state index contributed by atoms with van der Waals surface area (Å²) < 4.78 is 0. The Morgan fingerprint density at radius 1 is 1.39 bits per heavy atom. The topological polar surface area (TPSA) is 83.9 Å². The van der Waals surface area contributed by atoms with E-state index in [0.717, 1.165) is 30.2 Å². The molecule has 23 heavy (non-hydrogen) atoms. The lowest BCUT2D eigenvalue weighted by Gasteiger charge is -2.32. The number of rotatable bonds is 4. The molecule has 1 N–H and O–H groups in total. The molecule has 0 radical (unpaired) electrons. The molecule has 1 saturated heterocycles. The first kappa shape index (κ1) is 15.8. The normalized spacial score (nSPS) is 18.2. The summed E-state index contributed by atoms with van der Waals surface area (Å²) in [5, 5.41) is 12.6. The van der Waals surface area contributed by atoms with Gasteiger partial charge in [0.25, 0.3) is 0 Å². The second kappa shape index (κ2) is 6.99. The van der Waals surface area contributed by atoms with Crippen LogP contribution in [0.25, 0.3) is 0 Å². The summed E-state index contributed by atoms with van der Waals surface area (Å²) in [5.74, 6) is 1.07. The van der Waals surface area contributed by atoms with E-state index in [2.05, 4.69) is 44.2 Å². The Labute approximate surface area is 139 Å². The molecule has 1 atom stereocenters. The SMILES string of the molecule is CC(C)c1nnc(NC(=O)[C@H]2CCCN(c3cnccn3)C2)s1. The Kier molecular flexibility index (Phi) is 4.80. The second-order valence-corrected chi connectivity index (χ2v) is 6.95. The van der Waals surface area contributed by atoms with Crippen molar-refractivity contribution in [2.75, 3.05) is 23.3 Å². The minimum absolute atomic E-state index is 0.00467. The van der Waals surface area contributed by atoms with E-state index in [1.807, 2.05) is 0 Å². The summed E-state index contributed by atoms with van der Waals surface area (Å²) in [6, 6.07) is 0. The van der Waals surface area contributed by atoms with Crippen LogP contribution in [0.1, 0.15) is 37.6 Å². The number of nitrogens with one attached hydrogen (secondary N) is 1. The molecule has 3 rings (SSSR count). The predicted molar refractivity (Wildman–Crippen MR) is 89.6 cm³/mol. The van der Waals surface area contributed by atoms with Crippen molar-refractivity contribution in [1.29, 1.82) is 0 Å². The van der Waals surface area contributed by atoms with Crippen LogP contribution in [0.5, 0.6) is 0 Å². The number of amides is 1. The van der Waals surface area contributed by atoms with Gasteiger partial charge in [-0.1, -0.05) is 25.2 Å². The monoisotopic (exact) mass is 332 g/mol. The fourth-order valence-corrected chi connectivity index (χ4v) is 3.33. The minimum Gasteiger partial charge on any atom is -0.355 e. The first-order valence-electron chi connectivity index (χ1n) is 7.78. The van der Waals surface area contributed by atoms with Crippen LogP contribution in [-0.2, 0) is 4.79 Å². The van der Waals surface area contributed by atoms with Crippen LogP contribution in [0.15, 0.2) is 18.6 Å². The van der Waals surface area contributed by atoms with E-state index in [9.17, 15) is 4.79 Å². The molecular weight excluding hydrogens is 312 g/mol. The zero-order valence-electron chi connectivity index (χ0n) is 13.3. The molecule has 0 spiro atoms. The maximum Gasteiger partial charge on any atom is 0.231 e. The van der Waals surface area contributed by atoms with Gasteiger partial charge in [-0.05, 0) is 12.8 Å². The molecule has 122 valence electrons. The summed E-state index contributed by atoms with van der Waals surface area (Å²) in [7, 11) is 0. The summed E-state index contributed by atoms with van der Waals surface area (Å²) in [6.45, 7) is 5.68. The van der Waals surface area contributed by atoms with E-state index in [0.29, 0.717) is 17.6 Å². The highest BCUT2D eigenvalue weighted by Gasteiger charge is 2.27. The Morgan fingerprint density at radius 2 is 2.26 bits per heavy atom. The number of anilines is 2. The first-order valence-corrected chi connectivity index (χ1v) is 8.60. The molecule has 7 nitrogen and oxygen atoms in total. The van der Waals surface area contributed by atoms with Crippen molar-refractivity contribution in [3.63, 3.8) is 0 Å². The van der Waals surface area contributed by atoms with Crippen LogP contribution >= 0.6 is 11.3 Å². The van der Waals surface area contributed by atoms with E-state index in [1.54, 1.807) is 18.6 Å². The number of carbonyl (C=O) groups excluding carboxylic acids is 1. The van der Waals surface area contributed by atoms with Gasteiger partial charge in [-0.2, -0.15) is 0 Å². The van der Waals surface area contributed by atoms with E-state index in [-0.39, 0.29) is 11.8 Å². The van der Waals surface area contributed by atoms with Crippen molar-refractivity contribution in [2.24, 2.45) is 5.92 Å². The molecule has 0 saturated carbocycles. The third-order valence-electron chi connectivity index (χ3n) is 3.83. The van der Waals surface area contributed by atoms with E-state index in [1.165, 1.54) is 11.3 Å². The van der Waals surface area contributed by atoms with Crippen LogP contribution in [0, 0.1) is 5.92 Å². The highest BCUT2D eigenvalue weighted by atomic mass is 32.1. The van der Waals surface area contributed by atoms with Crippen LogP contribution in [0.4, 0.5) is 10.9 Å². The van der Waals surface area contributed by atoms with Gasteiger partial charge < -0.3 is 10.2 Å². The maximum absolute atomic E-state index is 12.5. The molecule has 0 aromatic carbocycles. The van der Waals surface area contributed by atoms with Gasteiger partial charge in [0, 0.05) is 31.4 Å². The Morgan fingerprint density at radius 3 is 2.96 bits per heavy atom. The molecule has 1 aliphatic rings. The van der Waals surface area contributed by atoms with Gasteiger partial charge in [0.1, 0.15) is 10.8 Å². The van der Waals surface area contributed by atoms with Gasteiger partial charge in [-0.3, -0.25) is 9.78 Å². The summed E-state index contributed by atoms with van der Waals surface area (Å²) in [4.78, 5) is 23.0. The summed E-state index contributed by atoms with van der Waals surface area (Å²) >= 11 is 1.44. The number of nitrogens with zero attached hydrogens (tertiary/aromatic N) is 5. The average molecular weight is 332 g/mol. The molecule has 0 bridgehead atoms. The van der Waals surface area contributed by atoms with Gasteiger partial charge >= 0.3 is 0 Å². The molecule has 0 unspecified atom stereocenters. The quantitative estimate of drug-likeness (QED) is 0.925. The smallest absolute Gasteiger partial charge is 0.231 e. The van der Waals surface area contributed by atoms with Gasteiger partial charge in [-0.15, -0.1) is 10.2 Å². The lowest BCUT2D eigenvalue weighted by atomic mass is 9.97. The van der Waals surface area contributed by atoms with Gasteiger partial charge in [0.2, 0.25) is 11.0 Å². The highest BCUT2D eigenvalue weighted by Crippen LogP contribution is 2.25. The van der Waals surface area contributed by atoms with E-state index >= 15 is 0 Å². The molecule has 8 heteroatoms. The van der Waals surface area contributed by atoms with Crippen molar-refractivity contribution in [3.8, 4) is 0 Å². The number of carbonyl (C=O) groups is 1. The average Bonchev–Trinajstić information content (AvgIpc) is 3.04. The minimum atomic E-state index is -0.0721. The number of hydrogen-bond donors (Lipinski definition) is 1. The van der Waals surface area contributed by atoms with Crippen LogP contribution in [0.3, 0.4) is 0 Å². The zero-order valence-corrected chi connectivity index (χ0v) is 14.1. The van der Waals surface area contributed by atoms with Crippen molar-refractivity contribution in [1.82, 2.24) is 20.2 Å². The van der Waals surface area contributed by atoms with Gasteiger partial charge in [-0.25, -0.2) is 4.98 Å². The summed E-state index contributed by atoms with van der Waals surface area (Å²) in [6.07, 6.45) is 6.90. The molecule has 1 amide bonds. The Balaban J connectivity index is 1.62. The zero-order chi connectivity index (χ0) is 16.2. The lowest BCUT2D eigenvalue weighted by molar-refractivity contribution is -0.120. The molecule has 2 aromatic heterocycles. The molecule has 1 fully saturated rings. The Bertz CT molecular complexity index is 659. The van der Waals surface area contributed by atoms with Crippen molar-refractivity contribution < 1.29 is 4.79 Å². The molecular formula is C15H20N6OS. The Hall–Kier alpha value is -2.09. The number of hydrogen-bond acceptors (Lipinski definition) is 7. The van der Waals surface area contributed by atoms with Gasteiger partial charge in [0.05, 0.1) is 12.1 Å². The number of aromatic nitrogens is 4. The third-order valence-corrected chi connectivity index (χ3v) is 4.97. The third kappa shape index (κ3) is 3.82. The molecule has 3 heterocycles. The second-order valence-electron chi connectivity index (χ2n) is 5.94. The molecule has 1 aliphatic heterocycles. The fourth-order valence-electron chi connectivity index (χ4n) is 2.58. The highest BCUT2D eigenvalue weighted by molar-refractivity contribution is 7.15. The summed E-state index contributed by atoms with van der Waals surface area (Å²) in [5.41, 5.74) is 0. The van der Waals surface area contributed by atoms with E-state index < -0.39 is 0 Å². The van der Waals surface area contributed by atoms with Crippen LogP contribution in [0.2, 0.25) is 0 Å². The lowest BCUT2D eigenvalue weighted by Crippen LogP contribution is -2.41. The van der Waals surface area contributed by atoms with Crippen molar-refractivity contribution in [3.05, 3.63) is 23.6 Å². The van der Waals surface area contributed by atoms with Crippen LogP contribution < -0.4 is 10.2 Å². The maximum atomic E-state index is 12.5. The fraction of sp³-hybridized carbons (Fsp3) is 0.533. The van der Waals surface area contributed by atoms with Crippen molar-refractivity contribution >= 4 is 28.2 Å². The number of piperidine rings is 1.